The average molecular weight is 352 g/mol. The number of phenolic OH excluding ortho intramolecular Hbond substituents is 2. The molecule has 0 radical (unpaired) electrons. The molecule has 3 aromatic rings. The van der Waals surface area contributed by atoms with Gasteiger partial charge in [-0.3, -0.25) is 4.79 Å². The lowest BCUT2D eigenvalue weighted by Crippen LogP contribution is -2.27. The number of carbonyl (C=O) groups excluding carboxylic acids is 1. The fourth-order valence-electron chi connectivity index (χ4n) is 3.76. The van der Waals surface area contributed by atoms with Crippen molar-refractivity contribution in [2.24, 2.45) is 0 Å². The van der Waals surface area contributed by atoms with Gasteiger partial charge in [0.05, 0.1) is 5.41 Å². The van der Waals surface area contributed by atoms with Crippen molar-refractivity contribution in [3.63, 3.8) is 0 Å². The highest BCUT2D eigenvalue weighted by molar-refractivity contribution is 6.04. The number of fused-ring (bicyclic) bond motifs is 1. The third kappa shape index (κ3) is 2.20. The molecule has 0 aromatic heterocycles. The summed E-state index contributed by atoms with van der Waals surface area (Å²) >= 11 is 0. The second kappa shape index (κ2) is 5.66. The molecule has 0 amide bonds. The van der Waals surface area contributed by atoms with Gasteiger partial charge >= 0.3 is 0 Å². The van der Waals surface area contributed by atoms with Crippen molar-refractivity contribution in [3.05, 3.63) is 94.6 Å². The number of hydrogen-bond acceptors (Lipinski definition) is 3. The van der Waals surface area contributed by atoms with Crippen molar-refractivity contribution >= 4 is 5.78 Å². The minimum Gasteiger partial charge on any atom is -0.505 e. The van der Waals surface area contributed by atoms with E-state index in [2.05, 4.69) is 0 Å². The molecule has 0 atom stereocenters. The Balaban J connectivity index is 2.07. The van der Waals surface area contributed by atoms with Gasteiger partial charge in [-0.1, -0.05) is 36.4 Å². The molecule has 26 heavy (non-hydrogen) atoms. The number of rotatable bonds is 2. The molecule has 5 heteroatoms. The Kier molecular flexibility index (Phi) is 3.54. The van der Waals surface area contributed by atoms with Gasteiger partial charge in [-0.25, -0.2) is 8.78 Å². The average Bonchev–Trinajstić information content (AvgIpc) is 2.94. The maximum atomic E-state index is 14.1. The van der Waals surface area contributed by atoms with Crippen molar-refractivity contribution in [2.75, 3.05) is 0 Å². The SMILES string of the molecule is O=C1CC(c2ccc(O)c(F)c2)(c2ccc(O)c(F)c2)c2ccccc21. The van der Waals surface area contributed by atoms with Crippen molar-refractivity contribution in [3.8, 4) is 11.5 Å². The van der Waals surface area contributed by atoms with E-state index in [1.54, 1.807) is 24.3 Å². The van der Waals surface area contributed by atoms with Crippen LogP contribution < -0.4 is 0 Å². The van der Waals surface area contributed by atoms with Crippen LogP contribution in [0.4, 0.5) is 8.78 Å². The van der Waals surface area contributed by atoms with E-state index in [1.165, 1.54) is 24.3 Å². The first-order valence-corrected chi connectivity index (χ1v) is 8.04. The molecule has 0 fully saturated rings. The van der Waals surface area contributed by atoms with E-state index in [9.17, 15) is 23.8 Å². The molecule has 0 saturated heterocycles. The molecule has 0 unspecified atom stereocenters. The van der Waals surface area contributed by atoms with Gasteiger partial charge in [-0.2, -0.15) is 0 Å². The largest absolute Gasteiger partial charge is 0.505 e. The van der Waals surface area contributed by atoms with E-state index in [1.807, 2.05) is 0 Å². The normalized spacial score (nSPS) is 15.1. The van der Waals surface area contributed by atoms with Crippen molar-refractivity contribution in [1.29, 1.82) is 0 Å². The molecule has 0 spiro atoms. The molecule has 3 nitrogen and oxygen atoms in total. The van der Waals surface area contributed by atoms with Crippen LogP contribution in [0.1, 0.15) is 33.5 Å². The first-order chi connectivity index (χ1) is 12.4. The molecule has 1 aliphatic carbocycles. The number of benzene rings is 3. The topological polar surface area (TPSA) is 57.5 Å². The van der Waals surface area contributed by atoms with E-state index < -0.39 is 28.5 Å². The minimum absolute atomic E-state index is 0.000771. The van der Waals surface area contributed by atoms with Crippen LogP contribution in [0, 0.1) is 11.6 Å². The minimum atomic E-state index is -1.10. The summed E-state index contributed by atoms with van der Waals surface area (Å²) in [5, 5.41) is 19.1. The second-order valence-electron chi connectivity index (χ2n) is 6.38. The van der Waals surface area contributed by atoms with Crippen LogP contribution in [0.2, 0.25) is 0 Å². The summed E-state index contributed by atoms with van der Waals surface area (Å²) in [7, 11) is 0. The first kappa shape index (κ1) is 16.3. The Morgan fingerprint density at radius 3 is 1.88 bits per heavy atom. The van der Waals surface area contributed by atoms with Gasteiger partial charge in [0, 0.05) is 12.0 Å². The van der Waals surface area contributed by atoms with E-state index in [0.717, 1.165) is 12.1 Å². The van der Waals surface area contributed by atoms with Crippen LogP contribution in [-0.2, 0) is 5.41 Å². The molecule has 0 heterocycles. The standard InChI is InChI=1S/C21H14F2O3/c22-16-9-12(5-7-18(16)24)21(13-6-8-19(25)17(23)10-13)11-20(26)14-3-1-2-4-15(14)21/h1-10,24-25H,11H2. The molecule has 3 aromatic carbocycles. The van der Waals surface area contributed by atoms with E-state index in [4.69, 9.17) is 0 Å². The van der Waals surface area contributed by atoms with Gasteiger partial charge in [-0.05, 0) is 41.0 Å². The fourth-order valence-corrected chi connectivity index (χ4v) is 3.76. The third-order valence-electron chi connectivity index (χ3n) is 4.99. The lowest BCUT2D eigenvalue weighted by molar-refractivity contribution is 0.0984. The maximum Gasteiger partial charge on any atom is 0.165 e. The smallest absolute Gasteiger partial charge is 0.165 e. The Bertz CT molecular complexity index is 992. The summed E-state index contributed by atoms with van der Waals surface area (Å²) in [6.07, 6.45) is 0.000771. The van der Waals surface area contributed by atoms with E-state index >= 15 is 0 Å². The number of aromatic hydroxyl groups is 2. The number of carbonyl (C=O) groups is 1. The molecular formula is C21H14F2O3. The monoisotopic (exact) mass is 352 g/mol. The fraction of sp³-hybridized carbons (Fsp3) is 0.0952. The third-order valence-corrected chi connectivity index (χ3v) is 4.99. The van der Waals surface area contributed by atoms with Gasteiger partial charge < -0.3 is 10.2 Å². The number of hydrogen-bond donors (Lipinski definition) is 2. The van der Waals surface area contributed by atoms with Gasteiger partial charge in [0.25, 0.3) is 0 Å². The number of ketones is 1. The van der Waals surface area contributed by atoms with Crippen molar-refractivity contribution in [2.45, 2.75) is 11.8 Å². The van der Waals surface area contributed by atoms with Crippen molar-refractivity contribution in [1.82, 2.24) is 0 Å². The molecule has 1 aliphatic rings. The number of phenols is 2. The van der Waals surface area contributed by atoms with Crippen LogP contribution in [0.15, 0.2) is 60.7 Å². The van der Waals surface area contributed by atoms with E-state index in [0.29, 0.717) is 22.3 Å². The molecular weight excluding hydrogens is 338 g/mol. The molecule has 0 aliphatic heterocycles. The van der Waals surface area contributed by atoms with Crippen LogP contribution in [0.25, 0.3) is 0 Å². The predicted octanol–water partition coefficient (Wildman–Crippen LogP) is 4.30. The maximum absolute atomic E-state index is 14.1. The van der Waals surface area contributed by atoms with Gasteiger partial charge in [0.15, 0.2) is 28.9 Å². The van der Waals surface area contributed by atoms with Crippen LogP contribution >= 0.6 is 0 Å². The molecule has 0 saturated carbocycles. The summed E-state index contributed by atoms with van der Waals surface area (Å²) in [5.41, 5.74) is 0.888. The van der Waals surface area contributed by atoms with Gasteiger partial charge in [0.1, 0.15) is 0 Å². The lowest BCUT2D eigenvalue weighted by Gasteiger charge is -2.31. The highest BCUT2D eigenvalue weighted by Crippen LogP contribution is 2.49. The number of halogens is 2. The molecule has 0 bridgehead atoms. The zero-order valence-corrected chi connectivity index (χ0v) is 13.5. The summed E-state index contributed by atoms with van der Waals surface area (Å²) in [4.78, 5) is 12.6. The quantitative estimate of drug-likeness (QED) is 0.723. The summed E-state index contributed by atoms with van der Waals surface area (Å²) in [6, 6.07) is 14.8. The highest BCUT2D eigenvalue weighted by Gasteiger charge is 2.46. The summed E-state index contributed by atoms with van der Waals surface area (Å²) < 4.78 is 28.2. The van der Waals surface area contributed by atoms with E-state index in [-0.39, 0.29) is 12.2 Å². The zero-order chi connectivity index (χ0) is 18.5. The predicted molar refractivity (Wildman–Crippen MR) is 91.4 cm³/mol. The summed E-state index contributed by atoms with van der Waals surface area (Å²) in [5.74, 6) is -2.78. The van der Waals surface area contributed by atoms with Crippen LogP contribution in [0.3, 0.4) is 0 Å². The Morgan fingerprint density at radius 1 is 0.808 bits per heavy atom. The lowest BCUT2D eigenvalue weighted by atomic mass is 9.70. The Labute approximate surface area is 148 Å². The molecule has 4 rings (SSSR count). The van der Waals surface area contributed by atoms with Crippen LogP contribution in [-0.4, -0.2) is 16.0 Å². The zero-order valence-electron chi connectivity index (χ0n) is 13.5. The second-order valence-corrected chi connectivity index (χ2v) is 6.38. The first-order valence-electron chi connectivity index (χ1n) is 8.04. The van der Waals surface area contributed by atoms with Crippen molar-refractivity contribution < 1.29 is 23.8 Å². The Hall–Kier alpha value is -3.21. The number of Topliss-reactive ketones (excluding diaryl/α,β-unsaturated/α-hetero) is 1. The Morgan fingerprint density at radius 2 is 1.35 bits per heavy atom. The molecule has 130 valence electrons. The van der Waals surface area contributed by atoms with Gasteiger partial charge in [-0.15, -0.1) is 0 Å². The van der Waals surface area contributed by atoms with Crippen LogP contribution in [0.5, 0.6) is 11.5 Å². The summed E-state index contributed by atoms with van der Waals surface area (Å²) in [6.45, 7) is 0. The van der Waals surface area contributed by atoms with Gasteiger partial charge in [0.2, 0.25) is 0 Å². The highest BCUT2D eigenvalue weighted by atomic mass is 19.1. The molecule has 2 N–H and O–H groups in total.